The van der Waals surface area contributed by atoms with E-state index in [1.807, 2.05) is 0 Å². The van der Waals surface area contributed by atoms with Crippen LogP contribution in [0.3, 0.4) is 0 Å². The number of rotatable bonds is 6. The number of aliphatic hydroxyl groups excluding tert-OH is 2. The molecule has 0 aromatic carbocycles. The molecule has 33 heavy (non-hydrogen) atoms. The van der Waals surface area contributed by atoms with E-state index in [4.69, 9.17) is 30.9 Å². The minimum absolute atomic E-state index is 0.238. The van der Waals surface area contributed by atoms with Gasteiger partial charge >= 0.3 is 17.9 Å². The molecule has 2 aliphatic heterocycles. The van der Waals surface area contributed by atoms with Crippen molar-refractivity contribution in [2.24, 2.45) is 0 Å². The van der Waals surface area contributed by atoms with Crippen molar-refractivity contribution in [2.45, 2.75) is 82.9 Å². The number of carboxylic acids is 1. The van der Waals surface area contributed by atoms with Crippen molar-refractivity contribution in [1.29, 1.82) is 0 Å². The van der Waals surface area contributed by atoms with Gasteiger partial charge in [0.25, 0.3) is 0 Å². The van der Waals surface area contributed by atoms with Gasteiger partial charge in [-0.3, -0.25) is 14.4 Å². The van der Waals surface area contributed by atoms with E-state index < -0.39 is 48.9 Å². The Morgan fingerprint density at radius 2 is 2.06 bits per heavy atom. The summed E-state index contributed by atoms with van der Waals surface area (Å²) in [6.45, 7) is 2.37. The highest BCUT2D eigenvalue weighted by atomic mass is 35.5. The third kappa shape index (κ3) is 8.92. The number of carbonyl (C=O) groups excluding carboxylic acids is 2. The van der Waals surface area contributed by atoms with Crippen molar-refractivity contribution < 1.29 is 43.9 Å². The Kier molecular flexibility index (Phi) is 10.6. The zero-order chi connectivity index (χ0) is 24.5. The first kappa shape index (κ1) is 27.0. The molecule has 9 nitrogen and oxygen atoms in total. The van der Waals surface area contributed by atoms with Crippen LogP contribution in [-0.2, 0) is 28.6 Å². The summed E-state index contributed by atoms with van der Waals surface area (Å²) in [7, 11) is 0. The summed E-state index contributed by atoms with van der Waals surface area (Å²) >= 11 is 6.30. The zero-order valence-electron chi connectivity index (χ0n) is 18.7. The summed E-state index contributed by atoms with van der Waals surface area (Å²) in [6.07, 6.45) is 1.79. The number of carboxylic acid groups (broad SMARTS) is 1. The Morgan fingerprint density at radius 3 is 2.70 bits per heavy atom. The lowest BCUT2D eigenvalue weighted by Crippen LogP contribution is -2.37. The van der Waals surface area contributed by atoms with Crippen LogP contribution in [0, 0.1) is 0 Å². The molecule has 0 amide bonds. The maximum absolute atomic E-state index is 12.7. The summed E-state index contributed by atoms with van der Waals surface area (Å²) in [5, 5.41) is 29.9. The molecule has 5 atom stereocenters. The van der Waals surface area contributed by atoms with E-state index in [1.54, 1.807) is 19.1 Å². The lowest BCUT2D eigenvalue weighted by molar-refractivity contribution is -0.159. The Labute approximate surface area is 197 Å². The second-order valence-electron chi connectivity index (χ2n) is 8.23. The van der Waals surface area contributed by atoms with Crippen LogP contribution >= 0.6 is 11.6 Å². The number of hydrogen-bond acceptors (Lipinski definition) is 8. The van der Waals surface area contributed by atoms with Gasteiger partial charge in [0.15, 0.2) is 0 Å². The Bertz CT molecular complexity index is 817. The van der Waals surface area contributed by atoms with Gasteiger partial charge in [0.05, 0.1) is 25.6 Å². The molecule has 1 saturated heterocycles. The summed E-state index contributed by atoms with van der Waals surface area (Å²) < 4.78 is 16.8. The van der Waals surface area contributed by atoms with Gasteiger partial charge in [-0.25, -0.2) is 0 Å². The molecular formula is C23H31ClO9. The fourth-order valence-corrected chi connectivity index (χ4v) is 4.10. The van der Waals surface area contributed by atoms with Crippen molar-refractivity contribution in [3.63, 3.8) is 0 Å². The fourth-order valence-electron chi connectivity index (χ4n) is 3.90. The maximum Gasteiger partial charge on any atom is 0.310 e. The molecule has 0 aliphatic carbocycles. The highest BCUT2D eigenvalue weighted by Gasteiger charge is 2.41. The van der Waals surface area contributed by atoms with Crippen molar-refractivity contribution in [3.05, 3.63) is 34.4 Å². The highest BCUT2D eigenvalue weighted by molar-refractivity contribution is 6.29. The van der Waals surface area contributed by atoms with Crippen LogP contribution in [0.1, 0.15) is 52.4 Å². The van der Waals surface area contributed by atoms with E-state index in [1.165, 1.54) is 13.0 Å². The minimum Gasteiger partial charge on any atom is -0.481 e. The second kappa shape index (κ2) is 12.9. The Balaban J connectivity index is 2.28. The number of allylic oxidation sites excluding steroid dienone is 3. The molecule has 1 unspecified atom stereocenters. The van der Waals surface area contributed by atoms with Gasteiger partial charge in [-0.05, 0) is 31.8 Å². The van der Waals surface area contributed by atoms with Crippen LogP contribution in [0.2, 0.25) is 0 Å². The van der Waals surface area contributed by atoms with Gasteiger partial charge in [0, 0.05) is 18.4 Å². The van der Waals surface area contributed by atoms with Crippen LogP contribution < -0.4 is 0 Å². The topological polar surface area (TPSA) is 140 Å². The van der Waals surface area contributed by atoms with Gasteiger partial charge in [-0.15, -0.1) is 0 Å². The van der Waals surface area contributed by atoms with Gasteiger partial charge in [0.2, 0.25) is 0 Å². The fraction of sp³-hybridized carbons (Fsp3) is 0.609. The molecule has 2 rings (SSSR count). The van der Waals surface area contributed by atoms with Crippen molar-refractivity contribution in [2.75, 3.05) is 6.61 Å². The molecule has 0 aromatic heterocycles. The van der Waals surface area contributed by atoms with E-state index in [2.05, 4.69) is 0 Å². The number of hydrogen-bond donors (Lipinski definition) is 3. The van der Waals surface area contributed by atoms with E-state index >= 15 is 0 Å². The van der Waals surface area contributed by atoms with Crippen LogP contribution in [0.25, 0.3) is 0 Å². The Hall–Kier alpha value is -2.20. The van der Waals surface area contributed by atoms with E-state index in [-0.39, 0.29) is 18.9 Å². The number of carbonyl (C=O) groups is 3. The molecule has 2 aliphatic rings. The van der Waals surface area contributed by atoms with E-state index in [0.29, 0.717) is 41.9 Å². The molecule has 2 bridgehead atoms. The summed E-state index contributed by atoms with van der Waals surface area (Å²) in [5.41, 5.74) is 0.793. The number of fused-ring (bicyclic) bond motifs is 2. The lowest BCUT2D eigenvalue weighted by Gasteiger charge is -2.24. The molecule has 0 spiro atoms. The predicted octanol–water partition coefficient (Wildman–Crippen LogP) is 2.38. The predicted molar refractivity (Wildman–Crippen MR) is 118 cm³/mol. The summed E-state index contributed by atoms with van der Waals surface area (Å²) in [4.78, 5) is 35.2. The molecule has 0 saturated carbocycles. The number of esters is 2. The molecule has 0 aromatic rings. The van der Waals surface area contributed by atoms with Gasteiger partial charge < -0.3 is 29.5 Å². The van der Waals surface area contributed by atoms with Gasteiger partial charge in [0.1, 0.15) is 24.4 Å². The summed E-state index contributed by atoms with van der Waals surface area (Å²) in [5.74, 6) is -2.32. The standard InChI is InChI=1S/C23H31ClO9/c1-13(9-21(28)29)8-18(27)23-20-10-17(32-23)7-6-16(24)5-3-4-15(12-25)19(31-14(2)26)11-22(30)33-20/h4-5,8,17-20,23,25,27H,3,6-7,9-12H2,1-2H3,(H,28,29)/b13-8+,15-4-,16-5-/t17-,18-,19-,20?,23-/m1/s1. The minimum atomic E-state index is -1.19. The molecular weight excluding hydrogens is 456 g/mol. The van der Waals surface area contributed by atoms with Crippen molar-refractivity contribution in [3.8, 4) is 0 Å². The summed E-state index contributed by atoms with van der Waals surface area (Å²) in [6, 6.07) is 0. The first-order chi connectivity index (χ1) is 15.6. The molecule has 184 valence electrons. The number of ether oxygens (including phenoxy) is 3. The zero-order valence-corrected chi connectivity index (χ0v) is 19.5. The monoisotopic (exact) mass is 486 g/mol. The van der Waals surface area contributed by atoms with Crippen LogP contribution in [0.5, 0.6) is 0 Å². The van der Waals surface area contributed by atoms with Crippen LogP contribution in [0.4, 0.5) is 0 Å². The average Bonchev–Trinajstić information content (AvgIpc) is 3.10. The van der Waals surface area contributed by atoms with Gasteiger partial charge in [-0.2, -0.15) is 0 Å². The van der Waals surface area contributed by atoms with Crippen LogP contribution in [0.15, 0.2) is 34.4 Å². The maximum atomic E-state index is 12.7. The largest absolute Gasteiger partial charge is 0.481 e. The second-order valence-corrected chi connectivity index (χ2v) is 8.71. The quantitative estimate of drug-likeness (QED) is 0.381. The number of aliphatic hydroxyl groups is 2. The molecule has 0 radical (unpaired) electrons. The SMILES string of the molecule is CC(=O)O[C@@H]1CC(=O)OC2C[C@@H](CC/C(Cl)=C/C/C=C\1CO)O[C@@H]2[C@H](O)/C=C(\C)CC(=O)O. The van der Waals surface area contributed by atoms with Crippen LogP contribution in [-0.4, -0.2) is 70.4 Å². The van der Waals surface area contributed by atoms with Gasteiger partial charge in [-0.1, -0.05) is 35.4 Å². The lowest BCUT2D eigenvalue weighted by atomic mass is 10.0. The first-order valence-electron chi connectivity index (χ1n) is 10.8. The third-order valence-corrected chi connectivity index (χ3v) is 5.74. The molecule has 1 fully saturated rings. The first-order valence-corrected chi connectivity index (χ1v) is 11.2. The molecule has 3 N–H and O–H groups in total. The van der Waals surface area contributed by atoms with E-state index in [0.717, 1.165) is 0 Å². The molecule has 2 heterocycles. The average molecular weight is 487 g/mol. The Morgan fingerprint density at radius 1 is 1.33 bits per heavy atom. The molecule has 10 heteroatoms. The van der Waals surface area contributed by atoms with Crippen molar-refractivity contribution in [1.82, 2.24) is 0 Å². The number of aliphatic carboxylic acids is 1. The van der Waals surface area contributed by atoms with E-state index in [9.17, 15) is 24.6 Å². The highest BCUT2D eigenvalue weighted by Crippen LogP contribution is 2.31. The smallest absolute Gasteiger partial charge is 0.310 e. The third-order valence-electron chi connectivity index (χ3n) is 5.40. The van der Waals surface area contributed by atoms with Crippen molar-refractivity contribution >= 4 is 29.5 Å². The number of halogens is 1. The normalized spacial score (nSPS) is 31.3.